The molecule has 0 fully saturated rings. The Hall–Kier alpha value is -0.580. The van der Waals surface area contributed by atoms with Crippen LogP contribution in [0.2, 0.25) is 0 Å². The maximum atomic E-state index is 10.8. The number of halogens is 1. The van der Waals surface area contributed by atoms with E-state index in [4.69, 9.17) is 0 Å². The Morgan fingerprint density at radius 2 is 2.55 bits per heavy atom. The van der Waals surface area contributed by atoms with Gasteiger partial charge in [0.15, 0.2) is 0 Å². The Morgan fingerprint density at radius 3 is 3.00 bits per heavy atom. The van der Waals surface area contributed by atoms with Crippen LogP contribution in [0.25, 0.3) is 0 Å². The lowest BCUT2D eigenvalue weighted by atomic mass is 10.1. The molecule has 1 unspecified atom stereocenters. The molecule has 1 aliphatic rings. The van der Waals surface area contributed by atoms with E-state index < -0.39 is 0 Å². The van der Waals surface area contributed by atoms with E-state index in [1.54, 1.807) is 6.34 Å². The molecule has 1 N–H and O–H groups in total. The molecule has 1 atom stereocenters. The van der Waals surface area contributed by atoms with Crippen LogP contribution in [0.4, 0.5) is 0 Å². The third-order valence-corrected chi connectivity index (χ3v) is 1.41. The summed E-state index contributed by atoms with van der Waals surface area (Å²) in [6.07, 6.45) is 1.61. The van der Waals surface area contributed by atoms with Gasteiger partial charge < -0.3 is 10.1 Å². The van der Waals surface area contributed by atoms with E-state index in [1.165, 1.54) is 7.11 Å². The first kappa shape index (κ1) is 10.4. The quantitative estimate of drug-likeness (QED) is 0.636. The molecule has 0 aliphatic carbocycles. The highest BCUT2D eigenvalue weighted by atomic mass is 79.9. The Balaban J connectivity index is 0.000001000. The number of carbonyl (C=O) groups is 1. The fourth-order valence-corrected chi connectivity index (χ4v) is 0.829. The van der Waals surface area contributed by atoms with Crippen molar-refractivity contribution >= 4 is 29.3 Å². The van der Waals surface area contributed by atoms with E-state index in [1.807, 2.05) is 0 Å². The SMILES string of the molecule is Br.COC(=O)C1CN=CNC1. The highest BCUT2D eigenvalue weighted by Gasteiger charge is 2.19. The van der Waals surface area contributed by atoms with Gasteiger partial charge in [0, 0.05) is 6.54 Å². The summed E-state index contributed by atoms with van der Waals surface area (Å²) >= 11 is 0. The zero-order valence-electron chi connectivity index (χ0n) is 6.24. The second-order valence-electron chi connectivity index (χ2n) is 2.12. The first-order valence-electron chi connectivity index (χ1n) is 3.14. The third-order valence-electron chi connectivity index (χ3n) is 1.41. The summed E-state index contributed by atoms with van der Waals surface area (Å²) in [5.41, 5.74) is 0. The van der Waals surface area contributed by atoms with Crippen LogP contribution >= 0.6 is 17.0 Å². The zero-order valence-corrected chi connectivity index (χ0v) is 7.95. The van der Waals surface area contributed by atoms with Crippen molar-refractivity contribution in [2.45, 2.75) is 0 Å². The maximum Gasteiger partial charge on any atom is 0.312 e. The average molecular weight is 223 g/mol. The third kappa shape index (κ3) is 2.88. The number of aliphatic imine (C=N–C) groups is 1. The molecule has 0 aromatic carbocycles. The van der Waals surface area contributed by atoms with Gasteiger partial charge in [-0.1, -0.05) is 0 Å². The van der Waals surface area contributed by atoms with Crippen molar-refractivity contribution in [1.29, 1.82) is 0 Å². The molecule has 11 heavy (non-hydrogen) atoms. The summed E-state index contributed by atoms with van der Waals surface area (Å²) in [4.78, 5) is 14.7. The minimum absolute atomic E-state index is 0. The summed E-state index contributed by atoms with van der Waals surface area (Å²) in [7, 11) is 1.39. The number of carbonyl (C=O) groups excluding carboxylic acids is 1. The van der Waals surface area contributed by atoms with Crippen LogP contribution < -0.4 is 5.32 Å². The minimum Gasteiger partial charge on any atom is -0.469 e. The molecular formula is C6H11BrN2O2. The van der Waals surface area contributed by atoms with E-state index in [2.05, 4.69) is 15.0 Å². The molecule has 0 aromatic rings. The number of methoxy groups -OCH3 is 1. The van der Waals surface area contributed by atoms with Crippen molar-refractivity contribution in [3.05, 3.63) is 0 Å². The number of hydrogen-bond acceptors (Lipinski definition) is 4. The van der Waals surface area contributed by atoms with Crippen LogP contribution in [0.15, 0.2) is 4.99 Å². The predicted octanol–water partition coefficient (Wildman–Crippen LogP) is -0.0150. The lowest BCUT2D eigenvalue weighted by molar-refractivity contribution is -0.144. The van der Waals surface area contributed by atoms with Gasteiger partial charge in [-0.15, -0.1) is 17.0 Å². The normalized spacial score (nSPS) is 21.4. The van der Waals surface area contributed by atoms with Gasteiger partial charge in [-0.3, -0.25) is 9.79 Å². The van der Waals surface area contributed by atoms with Gasteiger partial charge >= 0.3 is 5.97 Å². The van der Waals surface area contributed by atoms with Crippen LogP contribution in [-0.2, 0) is 9.53 Å². The molecule has 0 radical (unpaired) electrons. The van der Waals surface area contributed by atoms with Crippen LogP contribution in [0.5, 0.6) is 0 Å². The monoisotopic (exact) mass is 222 g/mol. The Kier molecular flexibility index (Phi) is 4.85. The van der Waals surface area contributed by atoms with Crippen molar-refractivity contribution < 1.29 is 9.53 Å². The highest BCUT2D eigenvalue weighted by Crippen LogP contribution is 2.00. The van der Waals surface area contributed by atoms with Crippen molar-refractivity contribution in [2.24, 2.45) is 10.9 Å². The van der Waals surface area contributed by atoms with Crippen molar-refractivity contribution in [2.75, 3.05) is 20.2 Å². The molecule has 64 valence electrons. The number of nitrogens with zero attached hydrogens (tertiary/aromatic N) is 1. The Morgan fingerprint density at radius 1 is 1.82 bits per heavy atom. The summed E-state index contributed by atoms with van der Waals surface area (Å²) in [5, 5.41) is 2.86. The summed E-state index contributed by atoms with van der Waals surface area (Å²) in [5.74, 6) is -0.292. The first-order valence-corrected chi connectivity index (χ1v) is 3.14. The number of nitrogens with one attached hydrogen (secondary N) is 1. The Bertz CT molecular complexity index is 161. The van der Waals surface area contributed by atoms with Crippen molar-refractivity contribution in [1.82, 2.24) is 5.32 Å². The lowest BCUT2D eigenvalue weighted by Crippen LogP contribution is -2.34. The second kappa shape index (κ2) is 5.12. The lowest BCUT2D eigenvalue weighted by Gasteiger charge is -2.15. The van der Waals surface area contributed by atoms with E-state index >= 15 is 0 Å². The number of hydrogen-bond donors (Lipinski definition) is 1. The van der Waals surface area contributed by atoms with Crippen molar-refractivity contribution in [3.63, 3.8) is 0 Å². The number of ether oxygens (including phenoxy) is 1. The fourth-order valence-electron chi connectivity index (χ4n) is 0.829. The molecule has 0 saturated heterocycles. The smallest absolute Gasteiger partial charge is 0.312 e. The number of rotatable bonds is 1. The molecule has 5 heteroatoms. The predicted molar refractivity (Wildman–Crippen MR) is 47.2 cm³/mol. The van der Waals surface area contributed by atoms with Gasteiger partial charge in [-0.05, 0) is 0 Å². The van der Waals surface area contributed by atoms with Gasteiger partial charge in [0.1, 0.15) is 0 Å². The van der Waals surface area contributed by atoms with Gasteiger partial charge in [0.2, 0.25) is 0 Å². The van der Waals surface area contributed by atoms with E-state index in [0.717, 1.165) is 0 Å². The molecule has 0 aromatic heterocycles. The molecule has 4 nitrogen and oxygen atoms in total. The molecule has 0 amide bonds. The molecule has 0 saturated carbocycles. The molecular weight excluding hydrogens is 212 g/mol. The fraction of sp³-hybridized carbons (Fsp3) is 0.667. The maximum absolute atomic E-state index is 10.8. The summed E-state index contributed by atoms with van der Waals surface area (Å²) < 4.78 is 4.54. The largest absolute Gasteiger partial charge is 0.469 e. The van der Waals surface area contributed by atoms with E-state index in [0.29, 0.717) is 13.1 Å². The molecule has 0 bridgehead atoms. The zero-order chi connectivity index (χ0) is 7.40. The van der Waals surface area contributed by atoms with Gasteiger partial charge in [-0.25, -0.2) is 0 Å². The topological polar surface area (TPSA) is 50.7 Å². The standard InChI is InChI=1S/C6H10N2O2.BrH/c1-10-6(9)5-2-7-4-8-3-5;/h4-5H,2-3H2,1H3,(H,7,8);1H. The molecule has 0 spiro atoms. The van der Waals surface area contributed by atoms with Gasteiger partial charge in [0.25, 0.3) is 0 Å². The average Bonchev–Trinajstić information content (AvgIpc) is 2.05. The number of esters is 1. The van der Waals surface area contributed by atoms with E-state index in [-0.39, 0.29) is 28.9 Å². The second-order valence-corrected chi connectivity index (χ2v) is 2.12. The van der Waals surface area contributed by atoms with Gasteiger partial charge in [0.05, 0.1) is 25.9 Å². The van der Waals surface area contributed by atoms with Gasteiger partial charge in [-0.2, -0.15) is 0 Å². The van der Waals surface area contributed by atoms with Crippen LogP contribution in [0, 0.1) is 5.92 Å². The van der Waals surface area contributed by atoms with Crippen LogP contribution in [0.1, 0.15) is 0 Å². The molecule has 1 rings (SSSR count). The Labute approximate surface area is 75.8 Å². The highest BCUT2D eigenvalue weighted by molar-refractivity contribution is 8.93. The van der Waals surface area contributed by atoms with E-state index in [9.17, 15) is 4.79 Å². The molecule has 1 aliphatic heterocycles. The van der Waals surface area contributed by atoms with Crippen LogP contribution in [0.3, 0.4) is 0 Å². The van der Waals surface area contributed by atoms with Crippen molar-refractivity contribution in [3.8, 4) is 0 Å². The summed E-state index contributed by atoms with van der Waals surface area (Å²) in [6, 6.07) is 0. The van der Waals surface area contributed by atoms with Crippen LogP contribution in [-0.4, -0.2) is 32.5 Å². The summed E-state index contributed by atoms with van der Waals surface area (Å²) in [6.45, 7) is 1.18. The molecule has 1 heterocycles. The minimum atomic E-state index is -0.190. The first-order chi connectivity index (χ1) is 4.84.